The highest BCUT2D eigenvalue weighted by Crippen LogP contribution is 2.39. The van der Waals surface area contributed by atoms with Gasteiger partial charge < -0.3 is 23.9 Å². The maximum Gasteiger partial charge on any atom is 0.330 e. The quantitative estimate of drug-likeness (QED) is 0.389. The summed E-state index contributed by atoms with van der Waals surface area (Å²) in [6.45, 7) is 3.71. The first kappa shape index (κ1) is 27.5. The number of nitrogens with zero attached hydrogens (tertiary/aromatic N) is 3. The van der Waals surface area contributed by atoms with Crippen molar-refractivity contribution in [3.8, 4) is 17.2 Å². The van der Waals surface area contributed by atoms with Crippen molar-refractivity contribution in [3.63, 3.8) is 0 Å². The summed E-state index contributed by atoms with van der Waals surface area (Å²) in [5, 5.41) is 9.47. The SMILES string of the molecule is COc1cc(CN([C@H]2C[C@@H](C(=O)O)C2)[C@H](C)c2ccc3c(c2)CCO3)ccc1OCCn1c(=O)ccn(C)c1=O. The molecule has 1 atom stereocenters. The first-order valence-electron chi connectivity index (χ1n) is 13.6. The average Bonchev–Trinajstić information content (AvgIpc) is 3.39. The van der Waals surface area contributed by atoms with Crippen molar-refractivity contribution in [2.45, 2.75) is 51.4 Å². The highest BCUT2D eigenvalue weighted by Gasteiger charge is 2.40. The van der Waals surface area contributed by atoms with Crippen LogP contribution in [0.2, 0.25) is 0 Å². The number of ether oxygens (including phenoxy) is 3. The van der Waals surface area contributed by atoms with Crippen molar-refractivity contribution in [2.75, 3.05) is 20.3 Å². The highest BCUT2D eigenvalue weighted by atomic mass is 16.5. The molecule has 0 amide bonds. The van der Waals surface area contributed by atoms with Crippen molar-refractivity contribution in [3.05, 3.63) is 86.2 Å². The van der Waals surface area contributed by atoms with Crippen LogP contribution in [0, 0.1) is 5.92 Å². The second kappa shape index (κ2) is 11.6. The number of methoxy groups -OCH3 is 1. The molecular weight excluding hydrogens is 514 g/mol. The maximum atomic E-state index is 12.3. The van der Waals surface area contributed by atoms with E-state index in [4.69, 9.17) is 14.2 Å². The first-order valence-corrected chi connectivity index (χ1v) is 13.6. The van der Waals surface area contributed by atoms with Crippen molar-refractivity contribution in [2.24, 2.45) is 13.0 Å². The van der Waals surface area contributed by atoms with Gasteiger partial charge in [0.25, 0.3) is 5.56 Å². The van der Waals surface area contributed by atoms with E-state index in [9.17, 15) is 19.5 Å². The Morgan fingerprint density at radius 3 is 2.70 bits per heavy atom. The van der Waals surface area contributed by atoms with Crippen LogP contribution in [0.1, 0.15) is 42.5 Å². The van der Waals surface area contributed by atoms with Crippen LogP contribution in [0.3, 0.4) is 0 Å². The predicted molar refractivity (Wildman–Crippen MR) is 148 cm³/mol. The van der Waals surface area contributed by atoms with Gasteiger partial charge >= 0.3 is 11.7 Å². The molecule has 2 aromatic carbocycles. The lowest BCUT2D eigenvalue weighted by atomic mass is 9.78. The Labute approximate surface area is 232 Å². The van der Waals surface area contributed by atoms with E-state index < -0.39 is 11.7 Å². The van der Waals surface area contributed by atoms with Gasteiger partial charge in [0, 0.05) is 44.4 Å². The fourth-order valence-corrected chi connectivity index (χ4v) is 5.51. The number of aliphatic carboxylic acids is 1. The topological polar surface area (TPSA) is 112 Å². The van der Waals surface area contributed by atoms with Gasteiger partial charge in [-0.2, -0.15) is 0 Å². The third kappa shape index (κ3) is 5.62. The number of carboxylic acids is 1. The molecule has 1 aromatic heterocycles. The monoisotopic (exact) mass is 549 g/mol. The normalized spacial score (nSPS) is 18.5. The molecule has 1 saturated carbocycles. The van der Waals surface area contributed by atoms with E-state index >= 15 is 0 Å². The fraction of sp³-hybridized carbons (Fsp3) is 0.433. The second-order valence-electron chi connectivity index (χ2n) is 10.5. The van der Waals surface area contributed by atoms with E-state index in [-0.39, 0.29) is 36.7 Å². The molecule has 1 N–H and O–H groups in total. The number of benzene rings is 2. The zero-order valence-electron chi connectivity index (χ0n) is 23.0. The minimum absolute atomic E-state index is 0.0689. The number of hydrogen-bond donors (Lipinski definition) is 1. The average molecular weight is 550 g/mol. The molecule has 0 unspecified atom stereocenters. The number of fused-ring (bicyclic) bond motifs is 1. The van der Waals surface area contributed by atoms with Crippen molar-refractivity contribution in [1.29, 1.82) is 0 Å². The molecule has 0 spiro atoms. The molecule has 1 fully saturated rings. The van der Waals surface area contributed by atoms with E-state index in [1.54, 1.807) is 14.2 Å². The van der Waals surface area contributed by atoms with Gasteiger partial charge in [-0.05, 0) is 54.7 Å². The number of aryl methyl sites for hydroxylation is 1. The van der Waals surface area contributed by atoms with Gasteiger partial charge in [-0.25, -0.2) is 4.79 Å². The fourth-order valence-electron chi connectivity index (χ4n) is 5.51. The standard InChI is InChI=1S/C30H35N3O7/c1-19(21-5-7-25-22(15-21)9-12-39-25)33(24-16-23(17-24)29(35)36)18-20-4-6-26(27(14-20)38-3)40-13-11-32-28(34)8-10-31(2)30(32)37/h4-8,10,14-15,19,23-24H,9,11-13,16-18H2,1-3H3,(H,35,36)/t19-,23-,24+/m1/s1. The third-order valence-corrected chi connectivity index (χ3v) is 8.03. The van der Waals surface area contributed by atoms with Crippen LogP contribution in [0.5, 0.6) is 17.2 Å². The molecule has 0 saturated heterocycles. The Bertz CT molecular complexity index is 1510. The predicted octanol–water partition coefficient (Wildman–Crippen LogP) is 3.00. The molecule has 1 aliphatic carbocycles. The van der Waals surface area contributed by atoms with Crippen LogP contribution in [0.15, 0.2) is 58.3 Å². The lowest BCUT2D eigenvalue weighted by Crippen LogP contribution is -2.47. The van der Waals surface area contributed by atoms with Crippen LogP contribution >= 0.6 is 0 Å². The molecule has 10 heteroatoms. The molecular formula is C30H35N3O7. The maximum absolute atomic E-state index is 12.3. The first-order chi connectivity index (χ1) is 19.2. The lowest BCUT2D eigenvalue weighted by molar-refractivity contribution is -0.147. The van der Waals surface area contributed by atoms with Crippen molar-refractivity contribution < 1.29 is 24.1 Å². The summed E-state index contributed by atoms with van der Waals surface area (Å²) in [5.74, 6) is 0.949. The van der Waals surface area contributed by atoms with Crippen molar-refractivity contribution in [1.82, 2.24) is 14.0 Å². The smallest absolute Gasteiger partial charge is 0.330 e. The summed E-state index contributed by atoms with van der Waals surface area (Å²) in [6.07, 6.45) is 3.57. The van der Waals surface area contributed by atoms with Gasteiger partial charge in [-0.3, -0.25) is 19.1 Å². The summed E-state index contributed by atoms with van der Waals surface area (Å²) >= 11 is 0. The van der Waals surface area contributed by atoms with Crippen LogP contribution in [0.4, 0.5) is 0 Å². The number of hydrogen-bond acceptors (Lipinski definition) is 7. The van der Waals surface area contributed by atoms with E-state index in [2.05, 4.69) is 24.0 Å². The zero-order chi connectivity index (χ0) is 28.4. The van der Waals surface area contributed by atoms with Gasteiger partial charge in [-0.15, -0.1) is 0 Å². The van der Waals surface area contributed by atoms with E-state index in [0.29, 0.717) is 37.5 Å². The van der Waals surface area contributed by atoms with E-state index in [1.165, 1.54) is 28.0 Å². The summed E-state index contributed by atoms with van der Waals surface area (Å²) in [6, 6.07) is 13.6. The van der Waals surface area contributed by atoms with E-state index in [0.717, 1.165) is 22.3 Å². The van der Waals surface area contributed by atoms with Gasteiger partial charge in [0.1, 0.15) is 12.4 Å². The summed E-state index contributed by atoms with van der Waals surface area (Å²) < 4.78 is 19.7. The number of carbonyl (C=O) groups is 1. The van der Waals surface area contributed by atoms with Crippen LogP contribution in [-0.2, 0) is 31.4 Å². The summed E-state index contributed by atoms with van der Waals surface area (Å²) in [4.78, 5) is 38.2. The molecule has 212 valence electrons. The lowest BCUT2D eigenvalue weighted by Gasteiger charge is -2.44. The summed E-state index contributed by atoms with van der Waals surface area (Å²) in [5.41, 5.74) is 2.62. The minimum atomic E-state index is -0.739. The highest BCUT2D eigenvalue weighted by molar-refractivity contribution is 5.71. The second-order valence-corrected chi connectivity index (χ2v) is 10.5. The molecule has 1 aliphatic heterocycles. The van der Waals surface area contributed by atoms with Gasteiger partial charge in [0.2, 0.25) is 0 Å². The Morgan fingerprint density at radius 1 is 1.15 bits per heavy atom. The molecule has 2 aliphatic rings. The van der Waals surface area contributed by atoms with Crippen molar-refractivity contribution >= 4 is 5.97 Å². The van der Waals surface area contributed by atoms with Crippen LogP contribution < -0.4 is 25.5 Å². The van der Waals surface area contributed by atoms with Gasteiger partial charge in [-0.1, -0.05) is 18.2 Å². The molecule has 3 aromatic rings. The largest absolute Gasteiger partial charge is 0.493 e. The molecule has 40 heavy (non-hydrogen) atoms. The molecule has 2 heterocycles. The van der Waals surface area contributed by atoms with Crippen LogP contribution in [-0.4, -0.2) is 51.5 Å². The molecule has 5 rings (SSSR count). The molecule has 0 bridgehead atoms. The number of carboxylic acid groups (broad SMARTS) is 1. The zero-order valence-corrected chi connectivity index (χ0v) is 23.0. The third-order valence-electron chi connectivity index (χ3n) is 8.03. The van der Waals surface area contributed by atoms with Gasteiger partial charge in [0.05, 0.1) is 26.2 Å². The Hall–Kier alpha value is -4.05. The molecule has 0 radical (unpaired) electrons. The minimum Gasteiger partial charge on any atom is -0.493 e. The molecule has 10 nitrogen and oxygen atoms in total. The number of rotatable bonds is 11. The van der Waals surface area contributed by atoms with Gasteiger partial charge in [0.15, 0.2) is 11.5 Å². The summed E-state index contributed by atoms with van der Waals surface area (Å²) in [7, 11) is 3.16. The number of aromatic nitrogens is 2. The Morgan fingerprint density at radius 2 is 1.95 bits per heavy atom. The van der Waals surface area contributed by atoms with Crippen LogP contribution in [0.25, 0.3) is 0 Å². The van der Waals surface area contributed by atoms with E-state index in [1.807, 2.05) is 24.3 Å². The Kier molecular flexibility index (Phi) is 7.97. The Balaban J connectivity index is 1.32.